The Bertz CT molecular complexity index is 584. The number of hydrogen-bond acceptors (Lipinski definition) is 1. The van der Waals surface area contributed by atoms with E-state index in [1.165, 1.54) is 52.4 Å². The molecule has 0 heterocycles. The van der Waals surface area contributed by atoms with E-state index in [0.29, 0.717) is 0 Å². The van der Waals surface area contributed by atoms with E-state index in [0.717, 1.165) is 5.75 Å². The quantitative estimate of drug-likeness (QED) is 0.395. The maximum Gasteiger partial charge on any atom is 0.160 e. The fourth-order valence-corrected chi connectivity index (χ4v) is 3.54. The molecule has 0 amide bonds. The molecule has 0 radical (unpaired) electrons. The highest BCUT2D eigenvalue weighted by Gasteiger charge is 2.17. The molecule has 0 N–H and O–H groups in total. The molecule has 2 aromatic carbocycles. The summed E-state index contributed by atoms with van der Waals surface area (Å²) in [6, 6.07) is 13.0. The lowest BCUT2D eigenvalue weighted by atomic mass is 10.1. The monoisotopic (exact) mass is 303 g/mol. The molecule has 0 spiro atoms. The Morgan fingerprint density at radius 3 is 2.33 bits per heavy atom. The first-order chi connectivity index (χ1) is 10.0. The maximum absolute atomic E-state index is 6.11. The van der Waals surface area contributed by atoms with Gasteiger partial charge in [-0.25, -0.2) is 0 Å². The van der Waals surface area contributed by atoms with Gasteiger partial charge in [-0.3, -0.25) is 0 Å². The minimum absolute atomic E-state index is 0.164. The molecule has 21 heavy (non-hydrogen) atoms. The standard InChI is InChI=1S/C19H26OS/c1-5-6-9-14-21-18-13-12-17(20-19(2,3)4)15-10-7-8-11-16(15)18/h7-8,10-13H,5-6,9,14H2,1-4H3/p+1. The summed E-state index contributed by atoms with van der Waals surface area (Å²) in [5, 5.41) is 2.56. The van der Waals surface area contributed by atoms with Crippen LogP contribution in [0.15, 0.2) is 41.3 Å². The van der Waals surface area contributed by atoms with Gasteiger partial charge in [0.1, 0.15) is 17.1 Å². The molecule has 0 aliphatic carbocycles. The summed E-state index contributed by atoms with van der Waals surface area (Å²) in [6.45, 7) is 8.54. The summed E-state index contributed by atoms with van der Waals surface area (Å²) < 4.78 is 6.11. The van der Waals surface area contributed by atoms with Crippen molar-refractivity contribution in [3.05, 3.63) is 36.4 Å². The first-order valence-corrected chi connectivity index (χ1v) is 8.97. The van der Waals surface area contributed by atoms with Crippen molar-refractivity contribution in [1.29, 1.82) is 0 Å². The van der Waals surface area contributed by atoms with Crippen LogP contribution < -0.4 is 4.74 Å². The molecule has 1 nitrogen and oxygen atoms in total. The Labute approximate surface area is 133 Å². The van der Waals surface area contributed by atoms with E-state index in [9.17, 15) is 0 Å². The van der Waals surface area contributed by atoms with E-state index in [4.69, 9.17) is 4.74 Å². The lowest BCUT2D eigenvalue weighted by Crippen LogP contribution is -2.23. The predicted octanol–water partition coefficient (Wildman–Crippen LogP) is 5.38. The van der Waals surface area contributed by atoms with E-state index in [1.54, 1.807) is 0 Å². The van der Waals surface area contributed by atoms with Crippen LogP contribution in [0.3, 0.4) is 0 Å². The molecule has 2 aromatic rings. The Balaban J connectivity index is 2.27. The average molecular weight is 303 g/mol. The fourth-order valence-electron chi connectivity index (χ4n) is 2.37. The third kappa shape index (κ3) is 4.67. The van der Waals surface area contributed by atoms with Crippen LogP contribution in [0, 0.1) is 0 Å². The molecule has 0 saturated carbocycles. The van der Waals surface area contributed by atoms with Crippen LogP contribution in [0.4, 0.5) is 0 Å². The van der Waals surface area contributed by atoms with Gasteiger partial charge in [0.2, 0.25) is 0 Å². The maximum atomic E-state index is 6.11. The number of fused-ring (bicyclic) bond motifs is 1. The first kappa shape index (κ1) is 16.2. The van der Waals surface area contributed by atoms with Gasteiger partial charge in [0.15, 0.2) is 4.90 Å². The van der Waals surface area contributed by atoms with Gasteiger partial charge < -0.3 is 4.74 Å². The molecule has 0 bridgehead atoms. The summed E-state index contributed by atoms with van der Waals surface area (Å²) in [4.78, 5) is 1.42. The van der Waals surface area contributed by atoms with Gasteiger partial charge >= 0.3 is 0 Å². The van der Waals surface area contributed by atoms with E-state index in [1.807, 2.05) is 0 Å². The smallest absolute Gasteiger partial charge is 0.160 e. The van der Waals surface area contributed by atoms with Crippen LogP contribution >= 0.6 is 0 Å². The predicted molar refractivity (Wildman–Crippen MR) is 95.7 cm³/mol. The SMILES string of the molecule is CCCCC[SH+]c1ccc(OC(C)(C)C)c2ccccc12. The zero-order valence-corrected chi connectivity index (χ0v) is 14.5. The molecular weight excluding hydrogens is 276 g/mol. The highest BCUT2D eigenvalue weighted by atomic mass is 32.2. The molecule has 0 aliphatic rings. The normalized spacial score (nSPS) is 11.8. The van der Waals surface area contributed by atoms with Gasteiger partial charge in [0.25, 0.3) is 0 Å². The van der Waals surface area contributed by atoms with Crippen molar-refractivity contribution in [3.63, 3.8) is 0 Å². The fraction of sp³-hybridized carbons (Fsp3) is 0.474. The molecule has 0 fully saturated rings. The molecule has 2 rings (SSSR count). The van der Waals surface area contributed by atoms with Gasteiger partial charge in [-0.05, 0) is 51.8 Å². The van der Waals surface area contributed by atoms with E-state index in [-0.39, 0.29) is 5.60 Å². The van der Waals surface area contributed by atoms with Crippen molar-refractivity contribution < 1.29 is 4.74 Å². The van der Waals surface area contributed by atoms with E-state index < -0.39 is 0 Å². The Morgan fingerprint density at radius 2 is 1.67 bits per heavy atom. The number of rotatable bonds is 6. The summed E-state index contributed by atoms with van der Waals surface area (Å²) in [6.07, 6.45) is 3.93. The third-order valence-electron chi connectivity index (χ3n) is 3.32. The van der Waals surface area contributed by atoms with Crippen LogP contribution in [0.1, 0.15) is 47.0 Å². The van der Waals surface area contributed by atoms with Crippen LogP contribution in [-0.2, 0) is 11.8 Å². The minimum atomic E-state index is -0.164. The molecule has 0 saturated heterocycles. The molecule has 2 heteroatoms. The van der Waals surface area contributed by atoms with E-state index >= 15 is 0 Å². The van der Waals surface area contributed by atoms with Crippen molar-refractivity contribution in [1.82, 2.24) is 0 Å². The van der Waals surface area contributed by atoms with Crippen LogP contribution in [-0.4, -0.2) is 11.4 Å². The summed E-state index contributed by atoms with van der Waals surface area (Å²) >= 11 is 1.43. The number of ether oxygens (including phenoxy) is 1. The van der Waals surface area contributed by atoms with Gasteiger partial charge in [0.05, 0.1) is 0 Å². The average Bonchev–Trinajstić information content (AvgIpc) is 2.44. The van der Waals surface area contributed by atoms with Crippen molar-refractivity contribution in [2.24, 2.45) is 0 Å². The highest BCUT2D eigenvalue weighted by molar-refractivity contribution is 7.78. The van der Waals surface area contributed by atoms with Gasteiger partial charge in [-0.2, -0.15) is 0 Å². The lowest BCUT2D eigenvalue weighted by Gasteiger charge is -2.22. The second-order valence-electron chi connectivity index (χ2n) is 6.43. The summed E-state index contributed by atoms with van der Waals surface area (Å²) in [5.41, 5.74) is -0.164. The lowest BCUT2D eigenvalue weighted by molar-refractivity contribution is 0.133. The summed E-state index contributed by atoms with van der Waals surface area (Å²) in [7, 11) is 0. The molecule has 0 unspecified atom stereocenters. The minimum Gasteiger partial charge on any atom is -0.488 e. The highest BCUT2D eigenvalue weighted by Crippen LogP contribution is 2.31. The van der Waals surface area contributed by atoms with Crippen LogP contribution in [0.25, 0.3) is 10.8 Å². The van der Waals surface area contributed by atoms with Gasteiger partial charge in [-0.15, -0.1) is 0 Å². The largest absolute Gasteiger partial charge is 0.488 e. The van der Waals surface area contributed by atoms with Crippen LogP contribution in [0.5, 0.6) is 5.75 Å². The topological polar surface area (TPSA) is 9.23 Å². The zero-order chi connectivity index (χ0) is 15.3. The second kappa shape index (κ2) is 7.22. The summed E-state index contributed by atoms with van der Waals surface area (Å²) in [5.74, 6) is 2.24. The Morgan fingerprint density at radius 1 is 0.952 bits per heavy atom. The number of unbranched alkanes of at least 4 members (excludes halogenated alkanes) is 2. The van der Waals surface area contributed by atoms with Gasteiger partial charge in [-0.1, -0.05) is 31.5 Å². The van der Waals surface area contributed by atoms with Gasteiger partial charge in [0, 0.05) is 22.5 Å². The number of thiol groups is 1. The van der Waals surface area contributed by atoms with Crippen molar-refractivity contribution >= 4 is 22.5 Å². The first-order valence-electron chi connectivity index (χ1n) is 7.89. The molecule has 0 aromatic heterocycles. The Hall–Kier alpha value is -1.15. The number of hydrogen-bond donors (Lipinski definition) is 0. The van der Waals surface area contributed by atoms with Crippen molar-refractivity contribution in [2.45, 2.75) is 57.5 Å². The molecule has 0 aliphatic heterocycles. The van der Waals surface area contributed by atoms with Crippen LogP contribution in [0.2, 0.25) is 0 Å². The molecule has 0 atom stereocenters. The zero-order valence-electron chi connectivity index (χ0n) is 13.6. The van der Waals surface area contributed by atoms with Crippen molar-refractivity contribution in [3.8, 4) is 5.75 Å². The third-order valence-corrected chi connectivity index (χ3v) is 4.59. The van der Waals surface area contributed by atoms with E-state index in [2.05, 4.69) is 64.1 Å². The molecule has 114 valence electrons. The second-order valence-corrected chi connectivity index (χ2v) is 7.68. The molecular formula is C19H27OS+. The Kier molecular flexibility index (Phi) is 5.58. The number of benzene rings is 2. The van der Waals surface area contributed by atoms with Crippen molar-refractivity contribution in [2.75, 3.05) is 5.75 Å².